The molecule has 0 aliphatic carbocycles. The Morgan fingerprint density at radius 3 is 2.35 bits per heavy atom. The van der Waals surface area contributed by atoms with Crippen LogP contribution >= 0.6 is 11.8 Å². The van der Waals surface area contributed by atoms with Gasteiger partial charge in [-0.15, -0.1) is 0 Å². The maximum absolute atomic E-state index is 4.23. The number of aryl methyl sites for hydroxylation is 1. The molecular formula is C14H24N2S. The van der Waals surface area contributed by atoms with Gasteiger partial charge in [-0.3, -0.25) is 0 Å². The Balaban J connectivity index is 2.74. The van der Waals surface area contributed by atoms with Crippen molar-refractivity contribution >= 4 is 11.8 Å². The molecule has 96 valence electrons. The van der Waals surface area contributed by atoms with Crippen LogP contribution in [0.3, 0.4) is 0 Å². The van der Waals surface area contributed by atoms with Gasteiger partial charge in [-0.05, 0) is 36.1 Å². The zero-order valence-electron chi connectivity index (χ0n) is 11.9. The fourth-order valence-corrected chi connectivity index (χ4v) is 1.78. The summed E-state index contributed by atoms with van der Waals surface area (Å²) < 4.78 is 0.319. The van der Waals surface area contributed by atoms with Crippen LogP contribution in [0.25, 0.3) is 0 Å². The number of aromatic nitrogens is 2. The molecule has 3 heteroatoms. The highest BCUT2D eigenvalue weighted by Gasteiger charge is 2.18. The molecule has 0 bridgehead atoms. The monoisotopic (exact) mass is 252 g/mol. The minimum atomic E-state index is 0.152. The number of rotatable bonds is 4. The van der Waals surface area contributed by atoms with Crippen molar-refractivity contribution in [2.75, 3.05) is 6.26 Å². The van der Waals surface area contributed by atoms with E-state index < -0.39 is 0 Å². The zero-order valence-corrected chi connectivity index (χ0v) is 12.7. The Kier molecular flexibility index (Phi) is 4.59. The third-order valence-electron chi connectivity index (χ3n) is 3.11. The van der Waals surface area contributed by atoms with E-state index in [0.29, 0.717) is 4.75 Å². The lowest BCUT2D eigenvalue weighted by molar-refractivity contribution is 0.577. The van der Waals surface area contributed by atoms with Crippen LogP contribution in [0.1, 0.15) is 52.3 Å². The van der Waals surface area contributed by atoms with Crippen molar-refractivity contribution in [1.82, 2.24) is 10.2 Å². The second-order valence-electron chi connectivity index (χ2n) is 6.15. The minimum absolute atomic E-state index is 0.152. The van der Waals surface area contributed by atoms with Crippen LogP contribution < -0.4 is 0 Å². The highest BCUT2D eigenvalue weighted by Crippen LogP contribution is 2.27. The molecule has 1 heterocycles. The first-order chi connectivity index (χ1) is 7.74. The van der Waals surface area contributed by atoms with E-state index in [1.807, 2.05) is 18.0 Å². The standard InChI is InChI=1S/C14H24N2S/c1-13(2,3)11-9-12(16-15-10-11)7-8-14(4,5)17-6/h9-10H,7-8H2,1-6H3. The molecule has 0 saturated heterocycles. The Hall–Kier alpha value is -0.570. The van der Waals surface area contributed by atoms with E-state index in [1.165, 1.54) is 5.56 Å². The van der Waals surface area contributed by atoms with E-state index in [1.54, 1.807) is 0 Å². The molecule has 0 N–H and O–H groups in total. The van der Waals surface area contributed by atoms with Crippen molar-refractivity contribution in [3.8, 4) is 0 Å². The summed E-state index contributed by atoms with van der Waals surface area (Å²) in [6, 6.07) is 2.20. The molecule has 0 fully saturated rings. The second kappa shape index (κ2) is 5.38. The summed E-state index contributed by atoms with van der Waals surface area (Å²) in [5.74, 6) is 0. The molecule has 1 rings (SSSR count). The van der Waals surface area contributed by atoms with E-state index in [2.05, 4.69) is 57.1 Å². The molecule has 17 heavy (non-hydrogen) atoms. The van der Waals surface area contributed by atoms with Gasteiger partial charge in [-0.2, -0.15) is 22.0 Å². The third-order valence-corrected chi connectivity index (χ3v) is 4.42. The van der Waals surface area contributed by atoms with Crippen molar-refractivity contribution in [3.05, 3.63) is 23.5 Å². The van der Waals surface area contributed by atoms with Crippen molar-refractivity contribution in [1.29, 1.82) is 0 Å². The van der Waals surface area contributed by atoms with Crippen molar-refractivity contribution in [3.63, 3.8) is 0 Å². The molecule has 0 amide bonds. The van der Waals surface area contributed by atoms with Gasteiger partial charge < -0.3 is 0 Å². The van der Waals surface area contributed by atoms with Crippen LogP contribution in [0.4, 0.5) is 0 Å². The Morgan fingerprint density at radius 2 is 1.82 bits per heavy atom. The topological polar surface area (TPSA) is 25.8 Å². The first-order valence-electron chi connectivity index (χ1n) is 6.12. The van der Waals surface area contributed by atoms with Gasteiger partial charge in [0, 0.05) is 4.75 Å². The molecule has 0 aromatic carbocycles. The molecule has 1 aromatic heterocycles. The molecular weight excluding hydrogens is 228 g/mol. The summed E-state index contributed by atoms with van der Waals surface area (Å²) in [7, 11) is 0. The van der Waals surface area contributed by atoms with E-state index >= 15 is 0 Å². The van der Waals surface area contributed by atoms with E-state index in [4.69, 9.17) is 0 Å². The lowest BCUT2D eigenvalue weighted by Gasteiger charge is -2.22. The molecule has 0 aliphatic rings. The quantitative estimate of drug-likeness (QED) is 0.814. The summed E-state index contributed by atoms with van der Waals surface area (Å²) in [5.41, 5.74) is 2.53. The van der Waals surface area contributed by atoms with E-state index in [0.717, 1.165) is 18.5 Å². The second-order valence-corrected chi connectivity index (χ2v) is 7.66. The molecule has 0 unspecified atom stereocenters. The summed E-state index contributed by atoms with van der Waals surface area (Å²) >= 11 is 1.91. The number of nitrogens with zero attached hydrogens (tertiary/aromatic N) is 2. The highest BCUT2D eigenvalue weighted by atomic mass is 32.2. The van der Waals surface area contributed by atoms with Gasteiger partial charge in [0.25, 0.3) is 0 Å². The van der Waals surface area contributed by atoms with Gasteiger partial charge >= 0.3 is 0 Å². The maximum atomic E-state index is 4.23. The van der Waals surface area contributed by atoms with Gasteiger partial charge in [0.1, 0.15) is 0 Å². The first kappa shape index (κ1) is 14.5. The van der Waals surface area contributed by atoms with Gasteiger partial charge in [-0.1, -0.05) is 34.6 Å². The lowest BCUT2D eigenvalue weighted by atomic mass is 9.88. The SMILES string of the molecule is CSC(C)(C)CCc1cc(C(C)(C)C)cnn1. The molecule has 1 aromatic rings. The zero-order chi connectivity index (χ0) is 13.1. The number of thioether (sulfide) groups is 1. The molecule has 0 atom stereocenters. The maximum Gasteiger partial charge on any atom is 0.0634 e. The average molecular weight is 252 g/mol. The van der Waals surface area contributed by atoms with Crippen LogP contribution in [0.2, 0.25) is 0 Å². The van der Waals surface area contributed by atoms with Crippen molar-refractivity contribution in [2.45, 2.75) is 57.6 Å². The lowest BCUT2D eigenvalue weighted by Crippen LogP contribution is -2.16. The molecule has 2 nitrogen and oxygen atoms in total. The van der Waals surface area contributed by atoms with Crippen LogP contribution in [0, 0.1) is 0 Å². The van der Waals surface area contributed by atoms with Gasteiger partial charge in [0.05, 0.1) is 11.9 Å². The molecule has 0 saturated carbocycles. The summed E-state index contributed by atoms with van der Waals surface area (Å²) in [4.78, 5) is 0. The molecule has 0 spiro atoms. The largest absolute Gasteiger partial charge is 0.159 e. The normalized spacial score (nSPS) is 12.8. The fourth-order valence-electron chi connectivity index (χ4n) is 1.47. The number of hydrogen-bond acceptors (Lipinski definition) is 3. The minimum Gasteiger partial charge on any atom is -0.159 e. The Labute approximate surface area is 110 Å². The predicted molar refractivity (Wildman–Crippen MR) is 76.6 cm³/mol. The van der Waals surface area contributed by atoms with Crippen LogP contribution in [0.5, 0.6) is 0 Å². The smallest absolute Gasteiger partial charge is 0.0634 e. The first-order valence-corrected chi connectivity index (χ1v) is 7.34. The van der Waals surface area contributed by atoms with Gasteiger partial charge in [0.2, 0.25) is 0 Å². The summed E-state index contributed by atoms with van der Waals surface area (Å²) in [6.45, 7) is 11.2. The van der Waals surface area contributed by atoms with Crippen LogP contribution in [-0.2, 0) is 11.8 Å². The molecule has 0 radical (unpaired) electrons. The van der Waals surface area contributed by atoms with Crippen LogP contribution in [0.15, 0.2) is 12.3 Å². The fraction of sp³-hybridized carbons (Fsp3) is 0.714. The van der Waals surface area contributed by atoms with E-state index in [9.17, 15) is 0 Å². The summed E-state index contributed by atoms with van der Waals surface area (Å²) in [6.07, 6.45) is 6.18. The van der Waals surface area contributed by atoms with Crippen molar-refractivity contribution < 1.29 is 0 Å². The third kappa shape index (κ3) is 4.66. The van der Waals surface area contributed by atoms with E-state index in [-0.39, 0.29) is 5.41 Å². The number of hydrogen-bond donors (Lipinski definition) is 0. The Bertz CT molecular complexity index is 367. The average Bonchev–Trinajstić information content (AvgIpc) is 2.26. The predicted octanol–water partition coefficient (Wildman–Crippen LogP) is 3.85. The molecule has 0 aliphatic heterocycles. The van der Waals surface area contributed by atoms with Crippen LogP contribution in [-0.4, -0.2) is 21.2 Å². The highest BCUT2D eigenvalue weighted by molar-refractivity contribution is 7.99. The van der Waals surface area contributed by atoms with Gasteiger partial charge in [0.15, 0.2) is 0 Å². The van der Waals surface area contributed by atoms with Crippen molar-refractivity contribution in [2.24, 2.45) is 0 Å². The summed E-state index contributed by atoms with van der Waals surface area (Å²) in [5, 5.41) is 8.35. The van der Waals surface area contributed by atoms with Gasteiger partial charge in [-0.25, -0.2) is 0 Å². The Morgan fingerprint density at radius 1 is 1.18 bits per heavy atom.